The van der Waals surface area contributed by atoms with Crippen LogP contribution < -0.4 is 0 Å². The van der Waals surface area contributed by atoms with Gasteiger partial charge in [0.25, 0.3) is 0 Å². The van der Waals surface area contributed by atoms with Gasteiger partial charge in [0.1, 0.15) is 11.4 Å². The minimum absolute atomic E-state index is 0.0677. The molecule has 8 nitrogen and oxygen atoms in total. The highest BCUT2D eigenvalue weighted by Crippen LogP contribution is 2.19. The van der Waals surface area contributed by atoms with E-state index in [1.165, 1.54) is 13.8 Å². The predicted octanol–water partition coefficient (Wildman–Crippen LogP) is 0.910. The summed E-state index contributed by atoms with van der Waals surface area (Å²) in [7, 11) is 0. The van der Waals surface area contributed by atoms with E-state index in [-0.39, 0.29) is 11.4 Å². The number of nitro groups is 2. The summed E-state index contributed by atoms with van der Waals surface area (Å²) in [5, 5.41) is 20.8. The molecular weight excluding hydrogens is 192 g/mol. The van der Waals surface area contributed by atoms with Gasteiger partial charge in [-0.05, 0) is 23.7 Å². The molecule has 74 valence electrons. The molecule has 0 atom stereocenters. The highest BCUT2D eigenvalue weighted by molar-refractivity contribution is 5.35. The molecule has 14 heavy (non-hydrogen) atoms. The highest BCUT2D eigenvalue weighted by Gasteiger charge is 2.22. The largest absolute Gasteiger partial charge is 0.389 e. The SMILES string of the molecule is Cc1nc(C)c([N+](=O)[O-])nc1[N+](=O)[O-]. The molecule has 1 rings (SSSR count). The third-order valence-corrected chi connectivity index (χ3v) is 1.54. The zero-order chi connectivity index (χ0) is 10.9. The van der Waals surface area contributed by atoms with E-state index >= 15 is 0 Å². The van der Waals surface area contributed by atoms with Crippen molar-refractivity contribution in [2.75, 3.05) is 0 Å². The molecule has 1 heterocycles. The smallest absolute Gasteiger partial charge is 0.358 e. The van der Waals surface area contributed by atoms with Gasteiger partial charge in [-0.15, -0.1) is 0 Å². The number of aromatic nitrogens is 2. The highest BCUT2D eigenvalue weighted by atomic mass is 16.6. The minimum Gasteiger partial charge on any atom is -0.358 e. The molecule has 0 aliphatic rings. The lowest BCUT2D eigenvalue weighted by Gasteiger charge is -1.99. The van der Waals surface area contributed by atoms with Gasteiger partial charge in [-0.3, -0.25) is 0 Å². The first-order chi connectivity index (χ1) is 6.43. The summed E-state index contributed by atoms with van der Waals surface area (Å²) in [6.07, 6.45) is 0. The second-order valence-corrected chi connectivity index (χ2v) is 2.56. The molecular formula is C6H6N4O4. The molecule has 0 N–H and O–H groups in total. The fourth-order valence-electron chi connectivity index (χ4n) is 0.960. The van der Waals surface area contributed by atoms with Gasteiger partial charge in [-0.1, -0.05) is 0 Å². The zero-order valence-electron chi connectivity index (χ0n) is 7.42. The molecule has 0 aliphatic heterocycles. The monoisotopic (exact) mass is 198 g/mol. The van der Waals surface area contributed by atoms with Crippen molar-refractivity contribution in [3.63, 3.8) is 0 Å². The Morgan fingerprint density at radius 3 is 1.57 bits per heavy atom. The summed E-state index contributed by atoms with van der Waals surface area (Å²) in [6, 6.07) is 0. The first-order valence-corrected chi connectivity index (χ1v) is 3.57. The van der Waals surface area contributed by atoms with Crippen LogP contribution in [0.4, 0.5) is 11.6 Å². The Morgan fingerprint density at radius 2 is 1.29 bits per heavy atom. The van der Waals surface area contributed by atoms with E-state index < -0.39 is 21.5 Å². The Labute approximate surface area is 77.9 Å². The number of hydrogen-bond acceptors (Lipinski definition) is 6. The Morgan fingerprint density at radius 1 is 0.929 bits per heavy atom. The van der Waals surface area contributed by atoms with Gasteiger partial charge in [-0.2, -0.15) is 0 Å². The lowest BCUT2D eigenvalue weighted by atomic mass is 10.4. The molecule has 1 aromatic rings. The van der Waals surface area contributed by atoms with Crippen molar-refractivity contribution in [3.05, 3.63) is 31.6 Å². The van der Waals surface area contributed by atoms with Gasteiger partial charge in [0.15, 0.2) is 0 Å². The van der Waals surface area contributed by atoms with Crippen LogP contribution in [0.25, 0.3) is 0 Å². The Hall–Kier alpha value is -2.12. The minimum atomic E-state index is -0.797. The number of aryl methyl sites for hydroxylation is 2. The third kappa shape index (κ3) is 1.63. The van der Waals surface area contributed by atoms with Gasteiger partial charge in [0.2, 0.25) is 0 Å². The predicted molar refractivity (Wildman–Crippen MR) is 44.8 cm³/mol. The van der Waals surface area contributed by atoms with Gasteiger partial charge >= 0.3 is 11.6 Å². The van der Waals surface area contributed by atoms with Crippen LogP contribution in [0, 0.1) is 34.1 Å². The van der Waals surface area contributed by atoms with E-state index in [9.17, 15) is 20.2 Å². The van der Waals surface area contributed by atoms with Crippen LogP contribution in [0.2, 0.25) is 0 Å². The van der Waals surface area contributed by atoms with Gasteiger partial charge in [-0.25, -0.2) is 4.98 Å². The molecule has 0 aromatic carbocycles. The van der Waals surface area contributed by atoms with Gasteiger partial charge in [0, 0.05) is 4.98 Å². The number of nitrogens with zero attached hydrogens (tertiary/aromatic N) is 4. The molecule has 0 fully saturated rings. The van der Waals surface area contributed by atoms with Gasteiger partial charge in [0.05, 0.1) is 0 Å². The summed E-state index contributed by atoms with van der Waals surface area (Å²) in [6.45, 7) is 2.75. The van der Waals surface area contributed by atoms with E-state index in [1.807, 2.05) is 0 Å². The van der Waals surface area contributed by atoms with E-state index in [4.69, 9.17) is 0 Å². The lowest BCUT2D eigenvalue weighted by Crippen LogP contribution is -2.04. The van der Waals surface area contributed by atoms with E-state index in [1.54, 1.807) is 0 Å². The zero-order valence-corrected chi connectivity index (χ0v) is 7.42. The summed E-state index contributed by atoms with van der Waals surface area (Å²) in [5.41, 5.74) is 0.135. The normalized spacial score (nSPS) is 9.86. The topological polar surface area (TPSA) is 112 Å². The summed E-state index contributed by atoms with van der Waals surface area (Å²) in [4.78, 5) is 26.2. The maximum atomic E-state index is 10.4. The maximum absolute atomic E-state index is 10.4. The molecule has 0 saturated heterocycles. The van der Waals surface area contributed by atoms with Gasteiger partial charge < -0.3 is 20.2 Å². The van der Waals surface area contributed by atoms with Crippen molar-refractivity contribution in [2.24, 2.45) is 0 Å². The van der Waals surface area contributed by atoms with Crippen LogP contribution in [0.1, 0.15) is 11.4 Å². The van der Waals surface area contributed by atoms with Crippen molar-refractivity contribution in [2.45, 2.75) is 13.8 Å². The summed E-state index contributed by atoms with van der Waals surface area (Å²) in [5.74, 6) is -1.16. The first-order valence-electron chi connectivity index (χ1n) is 3.57. The van der Waals surface area contributed by atoms with Crippen molar-refractivity contribution < 1.29 is 9.85 Å². The average Bonchev–Trinajstić information content (AvgIpc) is 2.02. The van der Waals surface area contributed by atoms with Crippen molar-refractivity contribution in [1.82, 2.24) is 9.97 Å². The molecule has 8 heteroatoms. The second-order valence-electron chi connectivity index (χ2n) is 2.56. The van der Waals surface area contributed by atoms with Crippen LogP contribution in [0.3, 0.4) is 0 Å². The van der Waals surface area contributed by atoms with E-state index in [0.29, 0.717) is 0 Å². The molecule has 0 amide bonds. The van der Waals surface area contributed by atoms with Crippen LogP contribution >= 0.6 is 0 Å². The Kier molecular flexibility index (Phi) is 2.36. The fraction of sp³-hybridized carbons (Fsp3) is 0.333. The lowest BCUT2D eigenvalue weighted by molar-refractivity contribution is -0.404. The second kappa shape index (κ2) is 3.32. The Balaban J connectivity index is 3.42. The summed E-state index contributed by atoms with van der Waals surface area (Å²) < 4.78 is 0. The number of hydrogen-bond donors (Lipinski definition) is 0. The van der Waals surface area contributed by atoms with Crippen molar-refractivity contribution in [3.8, 4) is 0 Å². The maximum Gasteiger partial charge on any atom is 0.389 e. The van der Waals surface area contributed by atoms with E-state index in [0.717, 1.165) is 0 Å². The van der Waals surface area contributed by atoms with Crippen LogP contribution in [0.5, 0.6) is 0 Å². The first kappa shape index (κ1) is 9.96. The molecule has 1 aromatic heterocycles. The number of rotatable bonds is 2. The Bertz CT molecular complexity index is 381. The molecule has 0 aliphatic carbocycles. The summed E-state index contributed by atoms with van der Waals surface area (Å²) >= 11 is 0. The third-order valence-electron chi connectivity index (χ3n) is 1.54. The standard InChI is InChI=1S/C6H6N4O4/c1-3-5(9(11)12)8-6(10(13)14)4(2)7-3/h1-2H3. The van der Waals surface area contributed by atoms with E-state index in [2.05, 4.69) is 9.97 Å². The van der Waals surface area contributed by atoms with Crippen LogP contribution in [-0.2, 0) is 0 Å². The molecule has 0 unspecified atom stereocenters. The van der Waals surface area contributed by atoms with Crippen LogP contribution in [-0.4, -0.2) is 19.8 Å². The molecule has 0 saturated carbocycles. The fourth-order valence-corrected chi connectivity index (χ4v) is 0.960. The molecule has 0 spiro atoms. The van der Waals surface area contributed by atoms with Crippen molar-refractivity contribution in [1.29, 1.82) is 0 Å². The van der Waals surface area contributed by atoms with Crippen molar-refractivity contribution >= 4 is 11.6 Å². The molecule has 0 bridgehead atoms. The molecule has 0 radical (unpaired) electrons. The van der Waals surface area contributed by atoms with Crippen LogP contribution in [0.15, 0.2) is 0 Å². The average molecular weight is 198 g/mol. The quantitative estimate of drug-likeness (QED) is 0.515.